The Bertz CT molecular complexity index is 160. The number of unbranched alkanes of at least 4 members (excludes halogenated alkanes) is 3. The van der Waals surface area contributed by atoms with Crippen LogP contribution in [0.3, 0.4) is 0 Å². The third kappa shape index (κ3) is 8.43. The van der Waals surface area contributed by atoms with E-state index >= 15 is 0 Å². The van der Waals surface area contributed by atoms with Crippen molar-refractivity contribution in [2.75, 3.05) is 19.7 Å². The minimum absolute atomic E-state index is 0.0314. The Labute approximate surface area is 93.6 Å². The zero-order valence-corrected chi connectivity index (χ0v) is 10.3. The zero-order chi connectivity index (χ0) is 11.5. The van der Waals surface area contributed by atoms with Crippen LogP contribution in [0.2, 0.25) is 0 Å². The van der Waals surface area contributed by atoms with Crippen molar-refractivity contribution in [3.05, 3.63) is 0 Å². The van der Waals surface area contributed by atoms with Gasteiger partial charge in [0.25, 0.3) is 0 Å². The van der Waals surface area contributed by atoms with Gasteiger partial charge in [-0.1, -0.05) is 33.1 Å². The van der Waals surface area contributed by atoms with Crippen molar-refractivity contribution in [3.63, 3.8) is 0 Å². The summed E-state index contributed by atoms with van der Waals surface area (Å²) in [5.74, 6) is -0.130. The summed E-state index contributed by atoms with van der Waals surface area (Å²) in [6.45, 7) is 8.14. The molecule has 0 heterocycles. The Morgan fingerprint density at radius 2 is 2.00 bits per heavy atom. The molecule has 0 aliphatic rings. The third-order valence-electron chi connectivity index (χ3n) is 2.35. The lowest BCUT2D eigenvalue weighted by Gasteiger charge is -2.11. The van der Waals surface area contributed by atoms with Gasteiger partial charge in [-0.25, -0.2) is 0 Å². The molecule has 0 aromatic rings. The first-order valence-corrected chi connectivity index (χ1v) is 6.09. The fourth-order valence-corrected chi connectivity index (χ4v) is 1.36. The Hall–Kier alpha value is -0.570. The van der Waals surface area contributed by atoms with Gasteiger partial charge >= 0.3 is 5.97 Å². The molecule has 3 heteroatoms. The van der Waals surface area contributed by atoms with Crippen molar-refractivity contribution in [1.29, 1.82) is 0 Å². The third-order valence-corrected chi connectivity index (χ3v) is 2.35. The number of esters is 1. The van der Waals surface area contributed by atoms with E-state index in [4.69, 9.17) is 4.74 Å². The molecule has 0 aliphatic heterocycles. The average Bonchev–Trinajstić information content (AvgIpc) is 2.23. The van der Waals surface area contributed by atoms with Crippen LogP contribution in [0.4, 0.5) is 0 Å². The molecule has 0 saturated heterocycles. The lowest BCUT2D eigenvalue weighted by molar-refractivity contribution is -0.147. The van der Waals surface area contributed by atoms with Crippen LogP contribution in [0.15, 0.2) is 0 Å². The molecule has 1 N–H and O–H groups in total. The van der Waals surface area contributed by atoms with Gasteiger partial charge in [-0.2, -0.15) is 0 Å². The highest BCUT2D eigenvalue weighted by Gasteiger charge is 2.12. The molecule has 0 aromatic heterocycles. The number of hydrogen-bond donors (Lipinski definition) is 1. The predicted molar refractivity (Wildman–Crippen MR) is 62.8 cm³/mol. The highest BCUT2D eigenvalue weighted by molar-refractivity contribution is 5.72. The highest BCUT2D eigenvalue weighted by Crippen LogP contribution is 1.99. The molecule has 0 aromatic carbocycles. The van der Waals surface area contributed by atoms with E-state index in [1.165, 1.54) is 25.7 Å². The van der Waals surface area contributed by atoms with Crippen LogP contribution >= 0.6 is 0 Å². The van der Waals surface area contributed by atoms with Gasteiger partial charge in [0.05, 0.1) is 12.5 Å². The predicted octanol–water partition coefficient (Wildman–Crippen LogP) is 2.36. The molecule has 3 nitrogen and oxygen atoms in total. The van der Waals surface area contributed by atoms with Crippen LogP contribution < -0.4 is 5.32 Å². The average molecular weight is 215 g/mol. The molecule has 0 radical (unpaired) electrons. The van der Waals surface area contributed by atoms with Crippen molar-refractivity contribution in [1.82, 2.24) is 5.32 Å². The smallest absolute Gasteiger partial charge is 0.309 e. The summed E-state index contributed by atoms with van der Waals surface area (Å²) in [6, 6.07) is 0. The van der Waals surface area contributed by atoms with Gasteiger partial charge in [-0.05, 0) is 19.9 Å². The molecule has 0 saturated carbocycles. The van der Waals surface area contributed by atoms with E-state index in [-0.39, 0.29) is 11.9 Å². The molecule has 0 spiro atoms. The van der Waals surface area contributed by atoms with E-state index in [1.54, 1.807) is 0 Å². The molecule has 0 fully saturated rings. The summed E-state index contributed by atoms with van der Waals surface area (Å²) in [6.07, 6.45) is 5.04. The van der Waals surface area contributed by atoms with Crippen molar-refractivity contribution in [2.45, 2.75) is 46.5 Å². The summed E-state index contributed by atoms with van der Waals surface area (Å²) in [5.41, 5.74) is 0. The molecule has 1 unspecified atom stereocenters. The summed E-state index contributed by atoms with van der Waals surface area (Å²) in [4.78, 5) is 11.2. The van der Waals surface area contributed by atoms with Gasteiger partial charge in [0.2, 0.25) is 0 Å². The van der Waals surface area contributed by atoms with Gasteiger partial charge < -0.3 is 10.1 Å². The van der Waals surface area contributed by atoms with Crippen molar-refractivity contribution >= 4 is 5.97 Å². The second kappa shape index (κ2) is 9.97. The van der Waals surface area contributed by atoms with Crippen LogP contribution in [-0.4, -0.2) is 25.7 Å². The van der Waals surface area contributed by atoms with Crippen LogP contribution in [0.5, 0.6) is 0 Å². The van der Waals surface area contributed by atoms with Crippen molar-refractivity contribution < 1.29 is 9.53 Å². The number of ether oxygens (including phenoxy) is 1. The zero-order valence-electron chi connectivity index (χ0n) is 10.3. The lowest BCUT2D eigenvalue weighted by Crippen LogP contribution is -2.28. The van der Waals surface area contributed by atoms with Gasteiger partial charge in [0.1, 0.15) is 0 Å². The van der Waals surface area contributed by atoms with Crippen LogP contribution in [0, 0.1) is 5.92 Å². The maximum atomic E-state index is 11.2. The standard InChI is InChI=1S/C12H25NO2/c1-4-6-7-8-9-13-10-11(3)12(14)15-5-2/h11,13H,4-10H2,1-3H3. The molecule has 0 amide bonds. The molecule has 15 heavy (non-hydrogen) atoms. The first-order valence-electron chi connectivity index (χ1n) is 6.09. The number of carbonyl (C=O) groups excluding carboxylic acids is 1. The van der Waals surface area contributed by atoms with E-state index in [9.17, 15) is 4.79 Å². The maximum Gasteiger partial charge on any atom is 0.309 e. The molecule has 90 valence electrons. The van der Waals surface area contributed by atoms with Crippen LogP contribution in [-0.2, 0) is 9.53 Å². The second-order valence-electron chi connectivity index (χ2n) is 3.92. The highest BCUT2D eigenvalue weighted by atomic mass is 16.5. The van der Waals surface area contributed by atoms with Gasteiger partial charge in [-0.3, -0.25) is 4.79 Å². The summed E-state index contributed by atoms with van der Waals surface area (Å²) in [5, 5.41) is 3.28. The first kappa shape index (κ1) is 14.4. The Balaban J connectivity index is 3.30. The van der Waals surface area contributed by atoms with Crippen LogP contribution in [0.1, 0.15) is 46.5 Å². The molecule has 1 atom stereocenters. The summed E-state index contributed by atoms with van der Waals surface area (Å²) in [7, 11) is 0. The SMILES string of the molecule is CCCCCCNCC(C)C(=O)OCC. The minimum atomic E-state index is -0.0986. The molecule has 0 bridgehead atoms. The van der Waals surface area contributed by atoms with E-state index in [2.05, 4.69) is 12.2 Å². The number of carbonyl (C=O) groups is 1. The topological polar surface area (TPSA) is 38.3 Å². The summed E-state index contributed by atoms with van der Waals surface area (Å²) < 4.78 is 4.92. The number of nitrogens with one attached hydrogen (secondary N) is 1. The first-order chi connectivity index (χ1) is 7.22. The lowest BCUT2D eigenvalue weighted by atomic mass is 10.1. The van der Waals surface area contributed by atoms with Crippen molar-refractivity contribution in [3.8, 4) is 0 Å². The fourth-order valence-electron chi connectivity index (χ4n) is 1.36. The largest absolute Gasteiger partial charge is 0.466 e. The Morgan fingerprint density at radius 3 is 2.60 bits per heavy atom. The molecular weight excluding hydrogens is 190 g/mol. The molecular formula is C12H25NO2. The minimum Gasteiger partial charge on any atom is -0.466 e. The summed E-state index contributed by atoms with van der Waals surface area (Å²) >= 11 is 0. The van der Waals surface area contributed by atoms with Gasteiger partial charge in [-0.15, -0.1) is 0 Å². The molecule has 0 aliphatic carbocycles. The van der Waals surface area contributed by atoms with Crippen LogP contribution in [0.25, 0.3) is 0 Å². The van der Waals surface area contributed by atoms with Gasteiger partial charge in [0, 0.05) is 6.54 Å². The second-order valence-corrected chi connectivity index (χ2v) is 3.92. The number of hydrogen-bond acceptors (Lipinski definition) is 3. The normalized spacial score (nSPS) is 12.5. The Kier molecular flexibility index (Phi) is 9.59. The Morgan fingerprint density at radius 1 is 1.27 bits per heavy atom. The monoisotopic (exact) mass is 215 g/mol. The fraction of sp³-hybridized carbons (Fsp3) is 0.917. The maximum absolute atomic E-state index is 11.2. The van der Waals surface area contributed by atoms with Gasteiger partial charge in [0.15, 0.2) is 0 Å². The van der Waals surface area contributed by atoms with E-state index in [1.807, 2.05) is 13.8 Å². The number of rotatable bonds is 9. The van der Waals surface area contributed by atoms with E-state index in [0.717, 1.165) is 13.1 Å². The molecule has 0 rings (SSSR count). The van der Waals surface area contributed by atoms with E-state index < -0.39 is 0 Å². The van der Waals surface area contributed by atoms with E-state index in [0.29, 0.717) is 6.61 Å². The quantitative estimate of drug-likeness (QED) is 0.474. The van der Waals surface area contributed by atoms with Crippen molar-refractivity contribution in [2.24, 2.45) is 5.92 Å².